The number of carbonyl (C=O) groups excluding carboxylic acids is 8. The van der Waals surface area contributed by atoms with Crippen LogP contribution in [0.25, 0.3) is 28.2 Å². The number of nitrogens with one attached hydrogen (secondary N) is 1. The van der Waals surface area contributed by atoms with E-state index in [0.29, 0.717) is 45.2 Å². The van der Waals surface area contributed by atoms with Gasteiger partial charge in [0.1, 0.15) is 47.8 Å². The number of cyclic esters (lactones) is 2. The third-order valence-electron chi connectivity index (χ3n) is 23.8. The van der Waals surface area contributed by atoms with Crippen LogP contribution >= 0.6 is 0 Å². The van der Waals surface area contributed by atoms with Gasteiger partial charge in [-0.1, -0.05) is 113 Å². The molecule has 3 aromatic heterocycles. The molecule has 0 unspecified atom stereocenters. The Labute approximate surface area is 636 Å². The third kappa shape index (κ3) is 18.6. The number of hydrogen-bond donors (Lipinski definition) is 3. The molecule has 594 valence electrons. The van der Waals surface area contributed by atoms with E-state index in [2.05, 4.69) is 20.3 Å². The summed E-state index contributed by atoms with van der Waals surface area (Å²) in [7, 11) is 0. The predicted octanol–water partition coefficient (Wildman–Crippen LogP) is 12.1. The smallest absolute Gasteiger partial charge is 0.410 e. The van der Waals surface area contributed by atoms with Crippen molar-refractivity contribution < 1.29 is 91.2 Å². The first-order valence-electron chi connectivity index (χ1n) is 39.0. The standard InChI is InChI=1S/C42H62N4O9.C41H56N2O10/c1-11-32-42(10)36(46(40(51)55-42)18-13-12-17-45-22-31(44-23-45)30-15-14-16-43-21-30)27(5)33(47)25(3)20-41(8,9)37(28(6)35(49)29(7)38(50)53-32)54-39-34(48)24(2)19-26(4)52-39;1-10-31-41(9)35(43-39(48)53-41)25(5)32(44)23(3)20-40(8,49-17-13-14-28-19-29-15-11-12-16-30(29)42-21-28)36(26(6)34(46)27(7)37(47)51-31)52-38-33(45)22(2)18-24(4)50-38/h14-16,21-29,32,34,36-37,39,48H,11-13,17-20H2,1-10H3;11-16,19,21-27,31,33,35-36,38,45H,10,17-18,20H2,1-9H3,(H,43,48)/b;14-13+/t24-,25+,26+,27-,28-,29+,32+,34+,36+,37+,39-,42+;22-,23+,24+,25-,26-,27+,31+,33+,35+,36+,38-,40-,41+/m00/s1. The lowest BCUT2D eigenvalue weighted by molar-refractivity contribution is -0.296. The SMILES string of the molecule is CC[C@H]1OC(=O)[C@H](C)C(=O)[C@H](C)[C@@H](O[C@@H]2O[C@H](C)C[C@H](C)[C@H]2O)C(C)(C)C[C@@H](C)C(=O)[C@H](C)[C@H]2N(CCCCn3cnc(-c4cccnc4)c3)C(=O)O[C@]12C.CC[C@H]1OC(=O)[C@H](C)C(=O)[C@H](C)[C@@H](O[C@@H]2O[C@H](C)C[C@H](C)[C@H]2O)[C@@](C)(OC/C=C/c2cnc3ccccc3c2)C[C@@H](C)C(=O)[C@H](C)[C@H]2NC(=O)O[C@@]21C. The Kier molecular flexibility index (Phi) is 27.7. The molecule has 0 saturated carbocycles. The molecule has 108 heavy (non-hydrogen) atoms. The van der Waals surface area contributed by atoms with E-state index in [1.165, 1.54) is 13.8 Å². The van der Waals surface area contributed by atoms with Crippen LogP contribution in [0.5, 0.6) is 0 Å². The largest absolute Gasteiger partial charge is 0.458 e. The van der Waals surface area contributed by atoms with Crippen molar-refractivity contribution in [3.63, 3.8) is 0 Å². The first-order valence-corrected chi connectivity index (χ1v) is 39.0. The van der Waals surface area contributed by atoms with Crippen molar-refractivity contribution in [3.05, 3.63) is 85.2 Å². The van der Waals surface area contributed by atoms with Crippen LogP contribution in [0.4, 0.5) is 9.59 Å². The highest BCUT2D eigenvalue weighted by Crippen LogP contribution is 2.46. The topological polar surface area (TPSA) is 319 Å². The number of ketones is 4. The summed E-state index contributed by atoms with van der Waals surface area (Å²) in [5, 5.41) is 26.1. The van der Waals surface area contributed by atoms with Crippen molar-refractivity contribution in [2.45, 2.75) is 280 Å². The lowest BCUT2D eigenvalue weighted by Gasteiger charge is -2.46. The third-order valence-corrected chi connectivity index (χ3v) is 23.8. The quantitative estimate of drug-likeness (QED) is 0.0406. The number of ether oxygens (including phenoxy) is 9. The summed E-state index contributed by atoms with van der Waals surface area (Å²) in [5.41, 5.74) is -1.36. The number of nitrogens with zero attached hydrogens (tertiary/aromatic N) is 5. The number of aliphatic hydroxyl groups excluding tert-OH is 2. The number of esters is 2. The van der Waals surface area contributed by atoms with E-state index >= 15 is 0 Å². The van der Waals surface area contributed by atoms with Gasteiger partial charge < -0.3 is 67.6 Å². The summed E-state index contributed by atoms with van der Waals surface area (Å²) in [6, 6.07) is 12.1. The molecular formula is C83H118N6O19. The molecule has 0 spiro atoms. The van der Waals surface area contributed by atoms with Crippen LogP contribution in [0.3, 0.4) is 0 Å². The maximum Gasteiger partial charge on any atom is 0.410 e. The van der Waals surface area contributed by atoms with E-state index in [4.69, 9.17) is 42.6 Å². The molecule has 0 bridgehead atoms. The summed E-state index contributed by atoms with van der Waals surface area (Å²) in [6.07, 6.45) is 6.93. The number of benzene rings is 1. The minimum atomic E-state index is -1.37. The lowest BCUT2D eigenvalue weighted by atomic mass is 9.69. The molecule has 6 saturated heterocycles. The molecule has 2 amide bonds. The van der Waals surface area contributed by atoms with E-state index in [-0.39, 0.29) is 60.8 Å². The van der Waals surface area contributed by atoms with Gasteiger partial charge in [0, 0.05) is 84.3 Å². The van der Waals surface area contributed by atoms with Crippen LogP contribution in [0.15, 0.2) is 79.7 Å². The monoisotopic (exact) mass is 1500 g/mol. The number of para-hydroxylation sites is 1. The number of aliphatic hydroxyl groups is 2. The van der Waals surface area contributed by atoms with Crippen LogP contribution < -0.4 is 5.32 Å². The summed E-state index contributed by atoms with van der Waals surface area (Å²) < 4.78 is 58.0. The van der Waals surface area contributed by atoms with Gasteiger partial charge in [0.05, 0.1) is 66.2 Å². The number of Topliss-reactive ketones (excluding diaryl/α,β-unsaturated/α-hetero) is 4. The van der Waals surface area contributed by atoms with E-state index < -0.39 is 161 Å². The number of pyridine rings is 2. The number of fused-ring (bicyclic) bond motifs is 3. The Hall–Kier alpha value is -7.39. The highest BCUT2D eigenvalue weighted by atomic mass is 16.7. The second kappa shape index (κ2) is 35.3. The Morgan fingerprint density at radius 3 is 1.80 bits per heavy atom. The first-order chi connectivity index (χ1) is 50.9. The van der Waals surface area contributed by atoms with Gasteiger partial charge in [-0.05, 0) is 147 Å². The minimum absolute atomic E-state index is 0.0712. The molecule has 4 aromatic rings. The average molecular weight is 1500 g/mol. The van der Waals surface area contributed by atoms with Crippen LogP contribution in [-0.4, -0.2) is 185 Å². The molecule has 6 fully saturated rings. The molecule has 0 radical (unpaired) electrons. The van der Waals surface area contributed by atoms with Gasteiger partial charge in [-0.3, -0.25) is 38.7 Å². The lowest BCUT2D eigenvalue weighted by Crippen LogP contribution is -2.59. The maximum atomic E-state index is 14.6. The minimum Gasteiger partial charge on any atom is -0.458 e. The zero-order valence-corrected chi connectivity index (χ0v) is 66.6. The van der Waals surface area contributed by atoms with Gasteiger partial charge in [-0.15, -0.1) is 0 Å². The number of imidazole rings is 1. The van der Waals surface area contributed by atoms with Crippen molar-refractivity contribution in [1.29, 1.82) is 0 Å². The fraction of sp³-hybridized carbons (Fsp3) is 0.675. The van der Waals surface area contributed by atoms with Crippen molar-refractivity contribution in [3.8, 4) is 11.3 Å². The first kappa shape index (κ1) is 84.6. The van der Waals surface area contributed by atoms with Gasteiger partial charge >= 0.3 is 24.1 Å². The fourth-order valence-corrected chi connectivity index (χ4v) is 17.8. The Morgan fingerprint density at radius 2 is 1.19 bits per heavy atom. The number of aryl methyl sites for hydroxylation is 1. The summed E-state index contributed by atoms with van der Waals surface area (Å²) in [5.74, 6) is -9.64. The molecule has 1 aromatic carbocycles. The molecule has 9 heterocycles. The van der Waals surface area contributed by atoms with Crippen LogP contribution in [0, 0.1) is 64.6 Å². The van der Waals surface area contributed by atoms with Crippen LogP contribution in [0.1, 0.15) is 188 Å². The highest BCUT2D eigenvalue weighted by molar-refractivity contribution is 6.01. The zero-order valence-electron chi connectivity index (χ0n) is 66.6. The molecule has 25 nitrogen and oxygen atoms in total. The van der Waals surface area contributed by atoms with Gasteiger partial charge in [-0.25, -0.2) is 14.6 Å². The highest BCUT2D eigenvalue weighted by Gasteiger charge is 2.61. The number of unbranched alkanes of at least 4 members (excludes halogenated alkanes) is 1. The summed E-state index contributed by atoms with van der Waals surface area (Å²) in [4.78, 5) is 126. The van der Waals surface area contributed by atoms with Crippen LogP contribution in [0.2, 0.25) is 0 Å². The van der Waals surface area contributed by atoms with E-state index in [0.717, 1.165) is 34.1 Å². The van der Waals surface area contributed by atoms with Gasteiger partial charge in [0.2, 0.25) is 0 Å². The zero-order chi connectivity index (χ0) is 79.2. The molecule has 25 heteroatoms. The number of amides is 2. The van der Waals surface area contributed by atoms with Crippen molar-refractivity contribution in [1.82, 2.24) is 29.7 Å². The predicted molar refractivity (Wildman–Crippen MR) is 402 cm³/mol. The van der Waals surface area contributed by atoms with Crippen molar-refractivity contribution in [2.24, 2.45) is 64.6 Å². The number of carbonyl (C=O) groups is 8. The van der Waals surface area contributed by atoms with Gasteiger partial charge in [0.25, 0.3) is 0 Å². The molecule has 0 aliphatic carbocycles. The molecule has 10 rings (SSSR count). The number of hydrogen-bond acceptors (Lipinski definition) is 22. The van der Waals surface area contributed by atoms with E-state index in [1.807, 2.05) is 128 Å². The van der Waals surface area contributed by atoms with Gasteiger partial charge in [0.15, 0.2) is 35.3 Å². The summed E-state index contributed by atoms with van der Waals surface area (Å²) >= 11 is 0. The molecule has 6 aliphatic rings. The molecule has 6 aliphatic heterocycles. The fourth-order valence-electron chi connectivity index (χ4n) is 17.8. The molecule has 25 atom stereocenters. The van der Waals surface area contributed by atoms with Gasteiger partial charge in [-0.2, -0.15) is 0 Å². The second-order valence-corrected chi connectivity index (χ2v) is 33.0. The Bertz CT molecular complexity index is 3850. The second-order valence-electron chi connectivity index (χ2n) is 33.0. The summed E-state index contributed by atoms with van der Waals surface area (Å²) in [6.45, 7) is 35.0. The molecule has 3 N–H and O–H groups in total. The Morgan fingerprint density at radius 1 is 0.630 bits per heavy atom. The van der Waals surface area contributed by atoms with Crippen LogP contribution in [-0.2, 0) is 77.9 Å². The number of aromatic nitrogens is 4. The Balaban J connectivity index is 0.000000249. The van der Waals surface area contributed by atoms with Crippen molar-refractivity contribution >= 4 is 64.2 Å². The van der Waals surface area contributed by atoms with E-state index in [9.17, 15) is 48.6 Å². The number of rotatable bonds is 16. The molecular weight excluding hydrogens is 1380 g/mol. The number of alkyl carbamates (subject to hydrolysis) is 1. The average Bonchev–Trinajstić information content (AvgIpc) is 1.56. The van der Waals surface area contributed by atoms with Crippen molar-refractivity contribution in [2.75, 3.05) is 13.2 Å². The van der Waals surface area contributed by atoms with E-state index in [1.54, 1.807) is 85.2 Å². The maximum absolute atomic E-state index is 14.6. The normalized spacial score (nSPS) is 37.5.